The van der Waals surface area contributed by atoms with Crippen LogP contribution in [0, 0.1) is 15.9 Å². The van der Waals surface area contributed by atoms with E-state index >= 15 is 0 Å². The molecule has 164 valence electrons. The van der Waals surface area contributed by atoms with E-state index in [2.05, 4.69) is 15.8 Å². The van der Waals surface area contributed by atoms with Crippen molar-refractivity contribution in [3.8, 4) is 0 Å². The predicted molar refractivity (Wildman–Crippen MR) is 111 cm³/mol. The van der Waals surface area contributed by atoms with Gasteiger partial charge in [-0.15, -0.1) is 0 Å². The van der Waals surface area contributed by atoms with Crippen LogP contribution in [-0.2, 0) is 11.3 Å². The molecule has 0 bridgehead atoms. The van der Waals surface area contributed by atoms with E-state index in [1.54, 1.807) is 12.1 Å². The highest BCUT2D eigenvalue weighted by Crippen LogP contribution is 2.13. The number of carbonyl (C=O) groups is 2. The predicted octanol–water partition coefficient (Wildman–Crippen LogP) is 1.70. The van der Waals surface area contributed by atoms with Crippen molar-refractivity contribution in [3.05, 3.63) is 75.6 Å². The van der Waals surface area contributed by atoms with Crippen LogP contribution in [0.1, 0.15) is 22.3 Å². The van der Waals surface area contributed by atoms with E-state index in [1.165, 1.54) is 24.3 Å². The first kappa shape index (κ1) is 22.3. The third kappa shape index (κ3) is 6.56. The zero-order valence-electron chi connectivity index (χ0n) is 16.9. The van der Waals surface area contributed by atoms with Crippen molar-refractivity contribution in [1.82, 2.24) is 20.7 Å². The standard InChI is InChI=1S/C21H24FN5O4/c22-19-8-2-1-5-17(19)14-25-9-4-10-26(12-11-25)15-20(28)23-24-21(29)16-6-3-7-18(13-16)27(30)31/h1-3,5-8,13H,4,9-12,14-15H2,(H,23,28)(H,24,29). The number of nitro benzene ring substituents is 1. The summed E-state index contributed by atoms with van der Waals surface area (Å²) in [6.07, 6.45) is 0.835. The number of non-ortho nitro benzene ring substituents is 1. The van der Waals surface area contributed by atoms with Gasteiger partial charge in [-0.3, -0.25) is 40.4 Å². The SMILES string of the molecule is O=C(CN1CCCN(Cc2ccccc2F)CC1)NNC(=O)c1cccc([N+](=O)[O-])c1. The summed E-state index contributed by atoms with van der Waals surface area (Å²) in [5.74, 6) is -1.24. The van der Waals surface area contributed by atoms with Crippen molar-refractivity contribution in [2.45, 2.75) is 13.0 Å². The molecule has 31 heavy (non-hydrogen) atoms. The Morgan fingerprint density at radius 3 is 2.52 bits per heavy atom. The minimum atomic E-state index is -0.635. The summed E-state index contributed by atoms with van der Waals surface area (Å²) in [5.41, 5.74) is 5.14. The molecule has 2 amide bonds. The molecule has 0 spiro atoms. The normalized spacial score (nSPS) is 15.1. The van der Waals surface area contributed by atoms with E-state index in [4.69, 9.17) is 0 Å². The molecular formula is C21H24FN5O4. The van der Waals surface area contributed by atoms with Gasteiger partial charge in [-0.25, -0.2) is 4.39 Å². The minimum Gasteiger partial charge on any atom is -0.298 e. The van der Waals surface area contributed by atoms with Crippen molar-refractivity contribution in [2.24, 2.45) is 0 Å². The topological polar surface area (TPSA) is 108 Å². The molecule has 0 aliphatic carbocycles. The van der Waals surface area contributed by atoms with Gasteiger partial charge in [0, 0.05) is 42.9 Å². The lowest BCUT2D eigenvalue weighted by atomic mass is 10.2. The summed E-state index contributed by atoms with van der Waals surface area (Å²) in [7, 11) is 0. The molecule has 9 nitrogen and oxygen atoms in total. The van der Waals surface area contributed by atoms with Crippen LogP contribution in [0.25, 0.3) is 0 Å². The number of nitrogens with zero attached hydrogens (tertiary/aromatic N) is 3. The molecule has 0 atom stereocenters. The fourth-order valence-electron chi connectivity index (χ4n) is 3.41. The lowest BCUT2D eigenvalue weighted by Gasteiger charge is -2.21. The summed E-state index contributed by atoms with van der Waals surface area (Å²) in [4.78, 5) is 38.7. The lowest BCUT2D eigenvalue weighted by Crippen LogP contribution is -2.47. The van der Waals surface area contributed by atoms with Crippen LogP contribution >= 0.6 is 0 Å². The highest BCUT2D eigenvalue weighted by Gasteiger charge is 2.19. The molecule has 2 aromatic carbocycles. The average molecular weight is 429 g/mol. The Hall–Kier alpha value is -3.37. The van der Waals surface area contributed by atoms with Crippen LogP contribution in [-0.4, -0.2) is 59.3 Å². The largest absolute Gasteiger partial charge is 0.298 e. The molecule has 1 saturated heterocycles. The maximum absolute atomic E-state index is 13.9. The van der Waals surface area contributed by atoms with Gasteiger partial charge in [-0.05, 0) is 31.6 Å². The maximum Gasteiger partial charge on any atom is 0.270 e. The first-order chi connectivity index (χ1) is 14.9. The van der Waals surface area contributed by atoms with E-state index in [-0.39, 0.29) is 29.5 Å². The number of amides is 2. The number of hydrogen-bond donors (Lipinski definition) is 2. The second-order valence-corrected chi connectivity index (χ2v) is 7.31. The molecule has 0 unspecified atom stereocenters. The second kappa shape index (κ2) is 10.6. The van der Waals surface area contributed by atoms with Crippen molar-refractivity contribution in [2.75, 3.05) is 32.7 Å². The molecule has 1 heterocycles. The van der Waals surface area contributed by atoms with E-state index in [1.807, 2.05) is 11.0 Å². The smallest absolute Gasteiger partial charge is 0.270 e. The van der Waals surface area contributed by atoms with Crippen LogP contribution in [0.3, 0.4) is 0 Å². The number of benzene rings is 2. The zero-order valence-corrected chi connectivity index (χ0v) is 16.9. The molecule has 0 aromatic heterocycles. The molecule has 3 rings (SSSR count). The van der Waals surface area contributed by atoms with Crippen molar-refractivity contribution >= 4 is 17.5 Å². The summed E-state index contributed by atoms with van der Waals surface area (Å²) in [6.45, 7) is 3.47. The molecule has 10 heteroatoms. The zero-order chi connectivity index (χ0) is 22.2. The van der Waals surface area contributed by atoms with Crippen molar-refractivity contribution in [1.29, 1.82) is 0 Å². The van der Waals surface area contributed by atoms with Crippen molar-refractivity contribution < 1.29 is 18.9 Å². The fourth-order valence-corrected chi connectivity index (χ4v) is 3.41. The van der Waals surface area contributed by atoms with Crippen LogP contribution in [0.15, 0.2) is 48.5 Å². The molecule has 2 aromatic rings. The van der Waals surface area contributed by atoms with Gasteiger partial charge in [0.25, 0.3) is 17.5 Å². The Labute approximate surface area is 178 Å². The van der Waals surface area contributed by atoms with Crippen LogP contribution in [0.2, 0.25) is 0 Å². The summed E-state index contributed by atoms with van der Waals surface area (Å²) < 4.78 is 13.9. The highest BCUT2D eigenvalue weighted by atomic mass is 19.1. The Morgan fingerprint density at radius 1 is 1.00 bits per heavy atom. The maximum atomic E-state index is 13.9. The van der Waals surface area contributed by atoms with Gasteiger partial charge in [0.05, 0.1) is 11.5 Å². The molecule has 1 aliphatic heterocycles. The Bertz CT molecular complexity index is 955. The minimum absolute atomic E-state index is 0.0769. The van der Waals surface area contributed by atoms with Crippen LogP contribution in [0.4, 0.5) is 10.1 Å². The number of rotatable bonds is 6. The Morgan fingerprint density at radius 2 is 1.74 bits per heavy atom. The molecule has 0 radical (unpaired) electrons. The van der Waals surface area contributed by atoms with Gasteiger partial charge in [0.1, 0.15) is 5.82 Å². The van der Waals surface area contributed by atoms with Crippen LogP contribution < -0.4 is 10.9 Å². The fraction of sp³-hybridized carbons (Fsp3) is 0.333. The molecule has 0 saturated carbocycles. The molecule has 1 fully saturated rings. The number of hydrogen-bond acceptors (Lipinski definition) is 6. The number of hydrazine groups is 1. The van der Waals surface area contributed by atoms with E-state index in [0.29, 0.717) is 31.7 Å². The number of nitro groups is 1. The third-order valence-corrected chi connectivity index (χ3v) is 5.03. The summed E-state index contributed by atoms with van der Waals surface area (Å²) >= 11 is 0. The van der Waals surface area contributed by atoms with Gasteiger partial charge >= 0.3 is 0 Å². The third-order valence-electron chi connectivity index (χ3n) is 5.03. The van der Waals surface area contributed by atoms with E-state index < -0.39 is 10.8 Å². The Balaban J connectivity index is 1.44. The number of halogens is 1. The average Bonchev–Trinajstić information content (AvgIpc) is 2.98. The van der Waals surface area contributed by atoms with Gasteiger partial charge < -0.3 is 0 Å². The van der Waals surface area contributed by atoms with E-state index in [0.717, 1.165) is 19.0 Å². The molecule has 1 aliphatic rings. The van der Waals surface area contributed by atoms with Gasteiger partial charge in [0.2, 0.25) is 0 Å². The molecule has 2 N–H and O–H groups in total. The first-order valence-electron chi connectivity index (χ1n) is 9.94. The quantitative estimate of drug-likeness (QED) is 0.535. The summed E-state index contributed by atoms with van der Waals surface area (Å²) in [6, 6.07) is 12.0. The van der Waals surface area contributed by atoms with Crippen molar-refractivity contribution in [3.63, 3.8) is 0 Å². The lowest BCUT2D eigenvalue weighted by molar-refractivity contribution is -0.384. The molecular weight excluding hydrogens is 405 g/mol. The monoisotopic (exact) mass is 429 g/mol. The van der Waals surface area contributed by atoms with E-state index in [9.17, 15) is 24.1 Å². The highest BCUT2D eigenvalue weighted by molar-refractivity contribution is 5.96. The van der Waals surface area contributed by atoms with Gasteiger partial charge in [-0.1, -0.05) is 24.3 Å². The number of carbonyl (C=O) groups excluding carboxylic acids is 2. The first-order valence-corrected chi connectivity index (χ1v) is 9.94. The second-order valence-electron chi connectivity index (χ2n) is 7.31. The van der Waals surface area contributed by atoms with Gasteiger partial charge in [-0.2, -0.15) is 0 Å². The van der Waals surface area contributed by atoms with Crippen LogP contribution in [0.5, 0.6) is 0 Å². The van der Waals surface area contributed by atoms with Gasteiger partial charge in [0.15, 0.2) is 0 Å². The number of nitrogens with one attached hydrogen (secondary N) is 2. The summed E-state index contributed by atoms with van der Waals surface area (Å²) in [5, 5.41) is 10.8. The Kier molecular flexibility index (Phi) is 7.63.